The lowest BCUT2D eigenvalue weighted by Gasteiger charge is -2.35. The van der Waals surface area contributed by atoms with Gasteiger partial charge in [-0.05, 0) is 49.6 Å². The van der Waals surface area contributed by atoms with Crippen LogP contribution in [0, 0.1) is 13.8 Å². The molecule has 0 bridgehead atoms. The first-order chi connectivity index (χ1) is 14.1. The molecule has 2 heterocycles. The van der Waals surface area contributed by atoms with Gasteiger partial charge in [0, 0.05) is 56.8 Å². The summed E-state index contributed by atoms with van der Waals surface area (Å²) >= 11 is 0. The van der Waals surface area contributed by atoms with Crippen LogP contribution in [0.3, 0.4) is 0 Å². The van der Waals surface area contributed by atoms with E-state index in [-0.39, 0.29) is 6.61 Å². The molecule has 1 saturated heterocycles. The number of aromatic nitrogens is 1. The monoisotopic (exact) mass is 389 g/mol. The lowest BCUT2D eigenvalue weighted by molar-refractivity contribution is 0.120. The summed E-state index contributed by atoms with van der Waals surface area (Å²) in [7, 11) is 0. The minimum atomic E-state index is 0.280. The Bertz CT molecular complexity index is 977. The highest BCUT2D eigenvalue weighted by Gasteiger charge is 2.19. The molecule has 4 rings (SSSR count). The van der Waals surface area contributed by atoms with Gasteiger partial charge in [-0.15, -0.1) is 0 Å². The number of aliphatic hydroxyl groups is 1. The number of hydrogen-bond acceptors (Lipinski definition) is 4. The molecule has 4 heteroatoms. The molecule has 3 aromatic rings. The first kappa shape index (κ1) is 20.0. The minimum absolute atomic E-state index is 0.280. The number of benzene rings is 2. The Morgan fingerprint density at radius 1 is 0.897 bits per heavy atom. The highest BCUT2D eigenvalue weighted by Crippen LogP contribution is 2.28. The van der Waals surface area contributed by atoms with Crippen LogP contribution in [-0.4, -0.2) is 59.2 Å². The predicted molar refractivity (Wildman–Crippen MR) is 120 cm³/mol. The minimum Gasteiger partial charge on any atom is -0.396 e. The number of hydrogen-bond donors (Lipinski definition) is 1. The molecule has 2 aromatic carbocycles. The summed E-state index contributed by atoms with van der Waals surface area (Å²) < 4.78 is 0. The summed E-state index contributed by atoms with van der Waals surface area (Å²) in [5.74, 6) is 0. The highest BCUT2D eigenvalue weighted by atomic mass is 16.3. The second-order valence-electron chi connectivity index (χ2n) is 8.26. The van der Waals surface area contributed by atoms with E-state index in [9.17, 15) is 0 Å². The van der Waals surface area contributed by atoms with Crippen LogP contribution in [0.5, 0.6) is 0 Å². The Morgan fingerprint density at radius 2 is 1.66 bits per heavy atom. The third kappa shape index (κ3) is 4.84. The van der Waals surface area contributed by atoms with E-state index in [1.165, 1.54) is 27.6 Å². The van der Waals surface area contributed by atoms with Crippen molar-refractivity contribution in [2.45, 2.75) is 26.8 Å². The van der Waals surface area contributed by atoms with Crippen LogP contribution in [0.2, 0.25) is 0 Å². The van der Waals surface area contributed by atoms with Gasteiger partial charge in [0.25, 0.3) is 0 Å². The third-order valence-electron chi connectivity index (χ3n) is 5.83. The Kier molecular flexibility index (Phi) is 6.24. The van der Waals surface area contributed by atoms with Crippen LogP contribution in [-0.2, 0) is 6.54 Å². The molecule has 0 radical (unpaired) electrons. The average molecular weight is 390 g/mol. The molecule has 0 amide bonds. The maximum Gasteiger partial charge on any atom is 0.0754 e. The van der Waals surface area contributed by atoms with Crippen molar-refractivity contribution in [1.82, 2.24) is 14.8 Å². The predicted octanol–water partition coefficient (Wildman–Crippen LogP) is 4.02. The Morgan fingerprint density at radius 3 is 2.41 bits per heavy atom. The van der Waals surface area contributed by atoms with E-state index >= 15 is 0 Å². The number of pyridine rings is 1. The molecule has 152 valence electrons. The largest absolute Gasteiger partial charge is 0.396 e. The molecule has 1 aliphatic rings. The first-order valence-electron chi connectivity index (χ1n) is 10.7. The SMILES string of the molecule is Cc1cccc(-c2nc3cc(C)ccc3cc2CN2CCN(CCCO)CC2)c1. The van der Waals surface area contributed by atoms with Gasteiger partial charge in [-0.3, -0.25) is 4.90 Å². The zero-order chi connectivity index (χ0) is 20.2. The fraction of sp³-hybridized carbons (Fsp3) is 0.400. The Balaban J connectivity index is 1.62. The molecule has 0 unspecified atom stereocenters. The number of aliphatic hydroxyl groups excluding tert-OH is 1. The standard InChI is InChI=1S/C25H31N3O/c1-19-5-3-6-22(15-19)25-23(17-21-8-7-20(2)16-24(21)26-25)18-28-12-10-27(11-13-28)9-4-14-29/h3,5-8,15-17,29H,4,9-14,18H2,1-2H3. The molecule has 1 fully saturated rings. The first-order valence-corrected chi connectivity index (χ1v) is 10.7. The van der Waals surface area contributed by atoms with Crippen molar-refractivity contribution in [3.8, 4) is 11.3 Å². The van der Waals surface area contributed by atoms with Crippen molar-refractivity contribution < 1.29 is 5.11 Å². The van der Waals surface area contributed by atoms with Gasteiger partial charge >= 0.3 is 0 Å². The number of fused-ring (bicyclic) bond motifs is 1. The quantitative estimate of drug-likeness (QED) is 0.691. The summed E-state index contributed by atoms with van der Waals surface area (Å²) in [6, 6.07) is 17.5. The summed E-state index contributed by atoms with van der Waals surface area (Å²) in [4.78, 5) is 10.1. The van der Waals surface area contributed by atoms with Gasteiger partial charge in [0.2, 0.25) is 0 Å². The van der Waals surface area contributed by atoms with Gasteiger partial charge in [-0.2, -0.15) is 0 Å². The molecule has 0 atom stereocenters. The smallest absolute Gasteiger partial charge is 0.0754 e. The fourth-order valence-corrected chi connectivity index (χ4v) is 4.19. The van der Waals surface area contributed by atoms with Gasteiger partial charge < -0.3 is 10.0 Å². The molecule has 1 aliphatic heterocycles. The zero-order valence-corrected chi connectivity index (χ0v) is 17.6. The maximum atomic E-state index is 9.06. The van der Waals surface area contributed by atoms with E-state index in [0.29, 0.717) is 0 Å². The zero-order valence-electron chi connectivity index (χ0n) is 17.6. The van der Waals surface area contributed by atoms with Crippen molar-refractivity contribution in [2.24, 2.45) is 0 Å². The second kappa shape index (κ2) is 9.04. The van der Waals surface area contributed by atoms with Crippen molar-refractivity contribution in [1.29, 1.82) is 0 Å². The van der Waals surface area contributed by atoms with E-state index < -0.39 is 0 Å². The number of aryl methyl sites for hydroxylation is 2. The lowest BCUT2D eigenvalue weighted by Crippen LogP contribution is -2.46. The summed E-state index contributed by atoms with van der Waals surface area (Å²) in [6.45, 7) is 10.7. The number of rotatable bonds is 6. The molecule has 1 N–H and O–H groups in total. The van der Waals surface area contributed by atoms with Crippen LogP contribution in [0.25, 0.3) is 22.2 Å². The topological polar surface area (TPSA) is 39.6 Å². The molecule has 1 aromatic heterocycles. The molecular weight excluding hydrogens is 358 g/mol. The average Bonchev–Trinajstić information content (AvgIpc) is 2.73. The van der Waals surface area contributed by atoms with Gasteiger partial charge in [0.1, 0.15) is 0 Å². The number of nitrogens with zero attached hydrogens (tertiary/aromatic N) is 3. The van der Waals surface area contributed by atoms with Crippen molar-refractivity contribution >= 4 is 10.9 Å². The van der Waals surface area contributed by atoms with Gasteiger partial charge in [0.15, 0.2) is 0 Å². The molecule has 0 spiro atoms. The van der Waals surface area contributed by atoms with E-state index in [2.05, 4.69) is 72.2 Å². The van der Waals surface area contributed by atoms with Gasteiger partial charge in [-0.1, -0.05) is 35.9 Å². The molecule has 0 aliphatic carbocycles. The summed E-state index contributed by atoms with van der Waals surface area (Å²) in [6.07, 6.45) is 0.867. The fourth-order valence-electron chi connectivity index (χ4n) is 4.19. The van der Waals surface area contributed by atoms with Crippen LogP contribution < -0.4 is 0 Å². The molecule has 4 nitrogen and oxygen atoms in total. The second-order valence-corrected chi connectivity index (χ2v) is 8.26. The Hall–Kier alpha value is -2.27. The molecule has 29 heavy (non-hydrogen) atoms. The van der Waals surface area contributed by atoms with Crippen LogP contribution >= 0.6 is 0 Å². The van der Waals surface area contributed by atoms with Crippen molar-refractivity contribution in [2.75, 3.05) is 39.3 Å². The van der Waals surface area contributed by atoms with Crippen molar-refractivity contribution in [3.05, 3.63) is 65.2 Å². The van der Waals surface area contributed by atoms with E-state index in [1.807, 2.05) is 0 Å². The van der Waals surface area contributed by atoms with Crippen LogP contribution in [0.15, 0.2) is 48.5 Å². The summed E-state index contributed by atoms with van der Waals surface area (Å²) in [5, 5.41) is 10.3. The maximum absolute atomic E-state index is 9.06. The number of piperazine rings is 1. The third-order valence-corrected chi connectivity index (χ3v) is 5.83. The molecular formula is C25H31N3O. The summed E-state index contributed by atoms with van der Waals surface area (Å²) in [5.41, 5.74) is 7.18. The normalized spacial score (nSPS) is 15.8. The van der Waals surface area contributed by atoms with Crippen LogP contribution in [0.1, 0.15) is 23.1 Å². The van der Waals surface area contributed by atoms with E-state index in [4.69, 9.17) is 10.1 Å². The molecule has 0 saturated carbocycles. The highest BCUT2D eigenvalue weighted by molar-refractivity contribution is 5.84. The van der Waals surface area contributed by atoms with E-state index in [1.54, 1.807) is 0 Å². The Labute approximate surface area is 173 Å². The van der Waals surface area contributed by atoms with Crippen LogP contribution in [0.4, 0.5) is 0 Å². The van der Waals surface area contributed by atoms with Gasteiger partial charge in [0.05, 0.1) is 11.2 Å². The van der Waals surface area contributed by atoms with E-state index in [0.717, 1.165) is 56.9 Å². The lowest BCUT2D eigenvalue weighted by atomic mass is 10.0. The van der Waals surface area contributed by atoms with Gasteiger partial charge in [-0.25, -0.2) is 4.98 Å². The van der Waals surface area contributed by atoms with Crippen molar-refractivity contribution in [3.63, 3.8) is 0 Å².